The third kappa shape index (κ3) is 2.71. The average Bonchev–Trinajstić information content (AvgIpc) is 2.31. The lowest BCUT2D eigenvalue weighted by Gasteiger charge is -2.32. The molecule has 1 aromatic rings. The molecule has 1 fully saturated rings. The van der Waals surface area contributed by atoms with Crippen LogP contribution in [0.3, 0.4) is 0 Å². The molecule has 1 saturated heterocycles. The van der Waals surface area contributed by atoms with Gasteiger partial charge in [0.2, 0.25) is 0 Å². The highest BCUT2D eigenvalue weighted by atomic mass is 79.9. The first kappa shape index (κ1) is 11.8. The minimum atomic E-state index is 0.418. The third-order valence-corrected chi connectivity index (χ3v) is 3.35. The van der Waals surface area contributed by atoms with E-state index in [4.69, 9.17) is 4.74 Å². The van der Waals surface area contributed by atoms with Gasteiger partial charge >= 0.3 is 0 Å². The maximum Gasteiger partial charge on any atom is 0.146 e. The van der Waals surface area contributed by atoms with Gasteiger partial charge in [-0.2, -0.15) is 0 Å². The topological polar surface area (TPSA) is 38.2 Å². The van der Waals surface area contributed by atoms with E-state index >= 15 is 0 Å². The Morgan fingerprint density at radius 1 is 1.50 bits per heavy atom. The standard InChI is InChI=1S/C11H16BrN3O/c1-2-16-9-3-5-15(6-4-9)11-10(12)7-13-8-14-11/h7-9H,2-6H2,1H3. The molecule has 5 heteroatoms. The number of aromatic nitrogens is 2. The molecule has 0 bridgehead atoms. The van der Waals surface area contributed by atoms with Crippen LogP contribution in [-0.2, 0) is 4.74 Å². The summed E-state index contributed by atoms with van der Waals surface area (Å²) in [5.41, 5.74) is 0. The molecule has 1 aromatic heterocycles. The number of ether oxygens (including phenoxy) is 1. The van der Waals surface area contributed by atoms with E-state index < -0.39 is 0 Å². The van der Waals surface area contributed by atoms with Crippen molar-refractivity contribution in [1.29, 1.82) is 0 Å². The van der Waals surface area contributed by atoms with Crippen molar-refractivity contribution in [1.82, 2.24) is 9.97 Å². The van der Waals surface area contributed by atoms with Gasteiger partial charge in [-0.05, 0) is 35.7 Å². The molecule has 0 unspecified atom stereocenters. The predicted molar refractivity (Wildman–Crippen MR) is 66.6 cm³/mol. The van der Waals surface area contributed by atoms with Crippen molar-refractivity contribution in [2.24, 2.45) is 0 Å². The molecule has 0 radical (unpaired) electrons. The summed E-state index contributed by atoms with van der Waals surface area (Å²) >= 11 is 3.48. The van der Waals surface area contributed by atoms with Gasteiger partial charge in [0, 0.05) is 25.9 Å². The highest BCUT2D eigenvalue weighted by Crippen LogP contribution is 2.25. The first-order valence-corrected chi connectivity index (χ1v) is 6.42. The van der Waals surface area contributed by atoms with Gasteiger partial charge in [-0.15, -0.1) is 0 Å². The molecule has 0 aliphatic carbocycles. The zero-order valence-electron chi connectivity index (χ0n) is 9.40. The Balaban J connectivity index is 1.96. The smallest absolute Gasteiger partial charge is 0.146 e. The van der Waals surface area contributed by atoms with Crippen LogP contribution in [0.25, 0.3) is 0 Å². The van der Waals surface area contributed by atoms with E-state index in [2.05, 4.69) is 30.8 Å². The maximum atomic E-state index is 5.63. The van der Waals surface area contributed by atoms with Crippen molar-refractivity contribution in [2.45, 2.75) is 25.9 Å². The normalized spacial score (nSPS) is 17.8. The van der Waals surface area contributed by atoms with Gasteiger partial charge in [0.1, 0.15) is 12.1 Å². The van der Waals surface area contributed by atoms with Gasteiger partial charge in [-0.3, -0.25) is 0 Å². The molecule has 0 N–H and O–H groups in total. The molecule has 0 spiro atoms. The van der Waals surface area contributed by atoms with Crippen LogP contribution in [-0.4, -0.2) is 35.8 Å². The Morgan fingerprint density at radius 3 is 2.88 bits per heavy atom. The van der Waals surface area contributed by atoms with E-state index in [0.29, 0.717) is 6.10 Å². The van der Waals surface area contributed by atoms with Crippen molar-refractivity contribution in [3.63, 3.8) is 0 Å². The van der Waals surface area contributed by atoms with Gasteiger partial charge in [0.05, 0.1) is 10.6 Å². The molecular weight excluding hydrogens is 270 g/mol. The second-order valence-corrected chi connectivity index (χ2v) is 4.69. The largest absolute Gasteiger partial charge is 0.378 e. The number of hydrogen-bond acceptors (Lipinski definition) is 4. The lowest BCUT2D eigenvalue weighted by molar-refractivity contribution is 0.0458. The molecule has 0 aromatic carbocycles. The van der Waals surface area contributed by atoms with Crippen LogP contribution < -0.4 is 4.90 Å². The van der Waals surface area contributed by atoms with Crippen molar-refractivity contribution in [3.8, 4) is 0 Å². The van der Waals surface area contributed by atoms with Gasteiger partial charge in [-0.1, -0.05) is 0 Å². The highest BCUT2D eigenvalue weighted by molar-refractivity contribution is 9.10. The third-order valence-electron chi connectivity index (χ3n) is 2.79. The summed E-state index contributed by atoms with van der Waals surface area (Å²) in [6.07, 6.45) is 5.95. The van der Waals surface area contributed by atoms with E-state index in [1.165, 1.54) is 0 Å². The second-order valence-electron chi connectivity index (χ2n) is 3.84. The fourth-order valence-electron chi connectivity index (χ4n) is 2.01. The monoisotopic (exact) mass is 285 g/mol. The van der Waals surface area contributed by atoms with Crippen molar-refractivity contribution in [2.75, 3.05) is 24.6 Å². The second kappa shape index (κ2) is 5.59. The summed E-state index contributed by atoms with van der Waals surface area (Å²) in [4.78, 5) is 10.6. The zero-order chi connectivity index (χ0) is 11.4. The van der Waals surface area contributed by atoms with Crippen LogP contribution in [0.1, 0.15) is 19.8 Å². The molecule has 88 valence electrons. The number of nitrogens with zero attached hydrogens (tertiary/aromatic N) is 3. The summed E-state index contributed by atoms with van der Waals surface area (Å²) in [7, 11) is 0. The molecule has 1 aliphatic rings. The van der Waals surface area contributed by atoms with Crippen LogP contribution >= 0.6 is 15.9 Å². The first-order valence-electron chi connectivity index (χ1n) is 5.63. The van der Waals surface area contributed by atoms with Crippen molar-refractivity contribution in [3.05, 3.63) is 17.0 Å². The minimum Gasteiger partial charge on any atom is -0.378 e. The molecule has 4 nitrogen and oxygen atoms in total. The van der Waals surface area contributed by atoms with Crippen molar-refractivity contribution >= 4 is 21.7 Å². The van der Waals surface area contributed by atoms with E-state index in [-0.39, 0.29) is 0 Å². The fraction of sp³-hybridized carbons (Fsp3) is 0.636. The molecule has 2 rings (SSSR count). The van der Waals surface area contributed by atoms with Crippen LogP contribution in [0, 0.1) is 0 Å². The maximum absolute atomic E-state index is 5.63. The van der Waals surface area contributed by atoms with Gasteiger partial charge < -0.3 is 9.64 Å². The van der Waals surface area contributed by atoms with Gasteiger partial charge in [0.25, 0.3) is 0 Å². The first-order chi connectivity index (χ1) is 7.81. The summed E-state index contributed by atoms with van der Waals surface area (Å²) < 4.78 is 6.59. The Bertz CT molecular complexity index is 340. The van der Waals surface area contributed by atoms with Gasteiger partial charge in [-0.25, -0.2) is 9.97 Å². The summed E-state index contributed by atoms with van der Waals surface area (Å²) in [6.45, 7) is 4.86. The number of halogens is 1. The van der Waals surface area contributed by atoms with Gasteiger partial charge in [0.15, 0.2) is 0 Å². The number of rotatable bonds is 3. The Labute approximate surface area is 104 Å². The summed E-state index contributed by atoms with van der Waals surface area (Å²) in [6, 6.07) is 0. The van der Waals surface area contributed by atoms with Crippen LogP contribution in [0.15, 0.2) is 17.0 Å². The lowest BCUT2D eigenvalue weighted by Crippen LogP contribution is -2.37. The summed E-state index contributed by atoms with van der Waals surface area (Å²) in [5.74, 6) is 0.991. The molecule has 0 saturated carbocycles. The molecular formula is C11H16BrN3O. The molecule has 0 amide bonds. The lowest BCUT2D eigenvalue weighted by atomic mass is 10.1. The Morgan fingerprint density at radius 2 is 2.25 bits per heavy atom. The quantitative estimate of drug-likeness (QED) is 0.854. The highest BCUT2D eigenvalue weighted by Gasteiger charge is 2.21. The van der Waals surface area contributed by atoms with E-state index in [9.17, 15) is 0 Å². The van der Waals surface area contributed by atoms with Crippen LogP contribution in [0.4, 0.5) is 5.82 Å². The number of anilines is 1. The van der Waals surface area contributed by atoms with Crippen LogP contribution in [0.2, 0.25) is 0 Å². The number of hydrogen-bond donors (Lipinski definition) is 0. The minimum absolute atomic E-state index is 0.418. The summed E-state index contributed by atoms with van der Waals surface area (Å²) in [5, 5.41) is 0. The Kier molecular flexibility index (Phi) is 4.12. The van der Waals surface area contributed by atoms with Crippen molar-refractivity contribution < 1.29 is 4.74 Å². The van der Waals surface area contributed by atoms with E-state index in [1.54, 1.807) is 12.5 Å². The zero-order valence-corrected chi connectivity index (χ0v) is 11.0. The number of piperidine rings is 1. The fourth-order valence-corrected chi connectivity index (χ4v) is 2.48. The molecule has 2 heterocycles. The predicted octanol–water partition coefficient (Wildman–Crippen LogP) is 2.24. The van der Waals surface area contributed by atoms with E-state index in [0.717, 1.165) is 42.8 Å². The molecule has 16 heavy (non-hydrogen) atoms. The van der Waals surface area contributed by atoms with E-state index in [1.807, 2.05) is 6.92 Å². The Hall–Kier alpha value is -0.680. The average molecular weight is 286 g/mol. The van der Waals surface area contributed by atoms with Crippen LogP contribution in [0.5, 0.6) is 0 Å². The molecule has 0 atom stereocenters. The molecule has 1 aliphatic heterocycles. The SMILES string of the molecule is CCOC1CCN(c2ncncc2Br)CC1.